The van der Waals surface area contributed by atoms with E-state index in [1.807, 2.05) is 0 Å². The van der Waals surface area contributed by atoms with E-state index in [9.17, 15) is 0 Å². The summed E-state index contributed by atoms with van der Waals surface area (Å²) in [5, 5.41) is 3.70. The molecule has 0 spiro atoms. The van der Waals surface area contributed by atoms with E-state index in [2.05, 4.69) is 64.6 Å². The second-order valence-corrected chi connectivity index (χ2v) is 6.64. The Morgan fingerprint density at radius 1 is 1.33 bits per heavy atom. The average molecular weight is 306 g/mol. The summed E-state index contributed by atoms with van der Waals surface area (Å²) in [5.74, 6) is 2.58. The monoisotopic (exact) mass is 305 g/mol. The summed E-state index contributed by atoms with van der Waals surface area (Å²) >= 11 is 3.54. The van der Waals surface area contributed by atoms with Crippen LogP contribution >= 0.6 is 15.9 Å². The normalized spacial score (nSPS) is 30.9. The molecule has 3 unspecified atom stereocenters. The fourth-order valence-electron chi connectivity index (χ4n) is 3.35. The predicted octanol–water partition coefficient (Wildman–Crippen LogP) is 4.31. The predicted molar refractivity (Wildman–Crippen MR) is 79.4 cm³/mol. The standard InChI is InChI=1S/C16H20BrN/c1-11(13-3-2-4-16(17)9-13)18-10-15-8-12-5-6-14(15)7-12/h2-6,9,11-12,14-15,18H,7-8,10H2,1H3/t11-,12?,14?,15?/m1/s1. The first kappa shape index (κ1) is 12.4. The van der Waals surface area contributed by atoms with Crippen molar-refractivity contribution >= 4 is 15.9 Å². The third-order valence-corrected chi connectivity index (χ3v) is 4.94. The molecule has 3 rings (SSSR count). The summed E-state index contributed by atoms with van der Waals surface area (Å²) in [6, 6.07) is 9.03. The molecule has 2 aliphatic rings. The second kappa shape index (κ2) is 5.18. The molecule has 1 aromatic rings. The van der Waals surface area contributed by atoms with Crippen LogP contribution in [0, 0.1) is 17.8 Å². The second-order valence-electron chi connectivity index (χ2n) is 5.73. The van der Waals surface area contributed by atoms with Gasteiger partial charge < -0.3 is 5.32 Å². The number of hydrogen-bond acceptors (Lipinski definition) is 1. The van der Waals surface area contributed by atoms with E-state index in [0.29, 0.717) is 6.04 Å². The van der Waals surface area contributed by atoms with Gasteiger partial charge in [-0.3, -0.25) is 0 Å². The van der Waals surface area contributed by atoms with Crippen LogP contribution in [-0.4, -0.2) is 6.54 Å². The maximum absolute atomic E-state index is 3.70. The number of benzene rings is 1. The van der Waals surface area contributed by atoms with Crippen molar-refractivity contribution < 1.29 is 0 Å². The molecule has 18 heavy (non-hydrogen) atoms. The molecule has 1 N–H and O–H groups in total. The number of nitrogens with one attached hydrogen (secondary N) is 1. The van der Waals surface area contributed by atoms with Gasteiger partial charge in [-0.05, 0) is 61.8 Å². The summed E-state index contributed by atoms with van der Waals surface area (Å²) in [4.78, 5) is 0. The van der Waals surface area contributed by atoms with Gasteiger partial charge in [0, 0.05) is 10.5 Å². The molecule has 4 atom stereocenters. The van der Waals surface area contributed by atoms with Gasteiger partial charge in [0.25, 0.3) is 0 Å². The fraction of sp³-hybridized carbons (Fsp3) is 0.500. The van der Waals surface area contributed by atoms with Crippen LogP contribution < -0.4 is 5.32 Å². The van der Waals surface area contributed by atoms with Crippen molar-refractivity contribution in [2.24, 2.45) is 17.8 Å². The zero-order chi connectivity index (χ0) is 12.5. The Morgan fingerprint density at radius 2 is 2.22 bits per heavy atom. The minimum atomic E-state index is 0.436. The van der Waals surface area contributed by atoms with Gasteiger partial charge in [0.1, 0.15) is 0 Å². The molecule has 2 heteroatoms. The number of allylic oxidation sites excluding steroid dienone is 2. The number of hydrogen-bond donors (Lipinski definition) is 1. The first-order valence-electron chi connectivity index (χ1n) is 6.89. The lowest BCUT2D eigenvalue weighted by Gasteiger charge is -2.22. The van der Waals surface area contributed by atoms with E-state index in [-0.39, 0.29) is 0 Å². The minimum Gasteiger partial charge on any atom is -0.310 e. The van der Waals surface area contributed by atoms with Crippen molar-refractivity contribution in [3.05, 3.63) is 46.5 Å². The van der Waals surface area contributed by atoms with Crippen LogP contribution in [0.2, 0.25) is 0 Å². The van der Waals surface area contributed by atoms with Gasteiger partial charge >= 0.3 is 0 Å². The highest BCUT2D eigenvalue weighted by atomic mass is 79.9. The highest BCUT2D eigenvalue weighted by Crippen LogP contribution is 2.43. The third-order valence-electron chi connectivity index (χ3n) is 4.45. The Balaban J connectivity index is 1.55. The van der Waals surface area contributed by atoms with E-state index in [4.69, 9.17) is 0 Å². The summed E-state index contributed by atoms with van der Waals surface area (Å²) in [7, 11) is 0. The zero-order valence-corrected chi connectivity index (χ0v) is 12.4. The summed E-state index contributed by atoms with van der Waals surface area (Å²) in [6.45, 7) is 3.41. The number of halogens is 1. The maximum atomic E-state index is 3.70. The Morgan fingerprint density at radius 3 is 2.89 bits per heavy atom. The lowest BCUT2D eigenvalue weighted by atomic mass is 9.93. The van der Waals surface area contributed by atoms with E-state index in [1.165, 1.54) is 18.4 Å². The van der Waals surface area contributed by atoms with Gasteiger partial charge in [-0.2, -0.15) is 0 Å². The van der Waals surface area contributed by atoms with Crippen LogP contribution in [0.1, 0.15) is 31.4 Å². The Kier molecular flexibility index (Phi) is 3.58. The highest BCUT2D eigenvalue weighted by molar-refractivity contribution is 9.10. The molecular weight excluding hydrogens is 286 g/mol. The summed E-state index contributed by atoms with van der Waals surface area (Å²) in [5.41, 5.74) is 1.36. The molecule has 0 amide bonds. The molecule has 2 aliphatic carbocycles. The molecule has 1 nitrogen and oxygen atoms in total. The van der Waals surface area contributed by atoms with Crippen molar-refractivity contribution in [3.63, 3.8) is 0 Å². The van der Waals surface area contributed by atoms with E-state index >= 15 is 0 Å². The largest absolute Gasteiger partial charge is 0.310 e. The van der Waals surface area contributed by atoms with Crippen molar-refractivity contribution in [2.45, 2.75) is 25.8 Å². The number of fused-ring (bicyclic) bond motifs is 2. The Labute approximate surface area is 118 Å². The first-order valence-corrected chi connectivity index (χ1v) is 7.69. The molecular formula is C16H20BrN. The average Bonchev–Trinajstić information content (AvgIpc) is 2.98. The van der Waals surface area contributed by atoms with Crippen LogP contribution in [0.25, 0.3) is 0 Å². The fourth-order valence-corrected chi connectivity index (χ4v) is 3.77. The SMILES string of the molecule is C[C@@H](NCC1CC2C=CC1C2)c1cccc(Br)c1. The molecule has 0 heterocycles. The Bertz CT molecular complexity index is 454. The van der Waals surface area contributed by atoms with Crippen LogP contribution in [-0.2, 0) is 0 Å². The topological polar surface area (TPSA) is 12.0 Å². The summed E-state index contributed by atoms with van der Waals surface area (Å²) < 4.78 is 1.16. The maximum Gasteiger partial charge on any atom is 0.0292 e. The molecule has 1 aromatic carbocycles. The highest BCUT2D eigenvalue weighted by Gasteiger charge is 2.35. The summed E-state index contributed by atoms with van der Waals surface area (Å²) in [6.07, 6.45) is 7.64. The molecule has 96 valence electrons. The molecule has 2 bridgehead atoms. The third kappa shape index (κ3) is 2.55. The van der Waals surface area contributed by atoms with E-state index < -0.39 is 0 Å². The number of rotatable bonds is 4. The quantitative estimate of drug-likeness (QED) is 0.817. The van der Waals surface area contributed by atoms with E-state index in [1.54, 1.807) is 0 Å². The van der Waals surface area contributed by atoms with Gasteiger partial charge in [0.05, 0.1) is 0 Å². The van der Waals surface area contributed by atoms with Crippen molar-refractivity contribution in [1.29, 1.82) is 0 Å². The molecule has 0 saturated heterocycles. The van der Waals surface area contributed by atoms with Crippen LogP contribution in [0.4, 0.5) is 0 Å². The lowest BCUT2D eigenvalue weighted by molar-refractivity contribution is 0.393. The van der Waals surface area contributed by atoms with Crippen LogP contribution in [0.5, 0.6) is 0 Å². The minimum absolute atomic E-state index is 0.436. The van der Waals surface area contributed by atoms with Crippen molar-refractivity contribution in [2.75, 3.05) is 6.54 Å². The lowest BCUT2D eigenvalue weighted by Crippen LogP contribution is -2.27. The first-order chi connectivity index (χ1) is 8.72. The van der Waals surface area contributed by atoms with Gasteiger partial charge in [-0.25, -0.2) is 0 Å². The Hall–Kier alpha value is -0.600. The molecule has 0 aliphatic heterocycles. The smallest absolute Gasteiger partial charge is 0.0292 e. The molecule has 0 radical (unpaired) electrons. The zero-order valence-electron chi connectivity index (χ0n) is 10.8. The van der Waals surface area contributed by atoms with Gasteiger partial charge in [-0.1, -0.05) is 40.2 Å². The molecule has 0 aromatic heterocycles. The van der Waals surface area contributed by atoms with E-state index in [0.717, 1.165) is 28.8 Å². The molecule has 1 fully saturated rings. The van der Waals surface area contributed by atoms with Gasteiger partial charge in [0.15, 0.2) is 0 Å². The van der Waals surface area contributed by atoms with Gasteiger partial charge in [0.2, 0.25) is 0 Å². The molecule has 1 saturated carbocycles. The van der Waals surface area contributed by atoms with Crippen molar-refractivity contribution in [1.82, 2.24) is 5.32 Å². The van der Waals surface area contributed by atoms with Crippen molar-refractivity contribution in [3.8, 4) is 0 Å². The van der Waals surface area contributed by atoms with Crippen LogP contribution in [0.3, 0.4) is 0 Å². The van der Waals surface area contributed by atoms with Crippen LogP contribution in [0.15, 0.2) is 40.9 Å². The van der Waals surface area contributed by atoms with Gasteiger partial charge in [-0.15, -0.1) is 0 Å².